The number of aliphatic hydroxyl groups excluding tert-OH is 1. The SMILES string of the molecule is Cc1[nH]nc(C(=O)NC(CO)C(C)C)c1N. The van der Waals surface area contributed by atoms with Gasteiger partial charge in [-0.2, -0.15) is 5.10 Å². The lowest BCUT2D eigenvalue weighted by molar-refractivity contribution is 0.0892. The zero-order valence-electron chi connectivity index (χ0n) is 9.74. The Labute approximate surface area is 94.2 Å². The van der Waals surface area contributed by atoms with Crippen molar-refractivity contribution < 1.29 is 9.90 Å². The van der Waals surface area contributed by atoms with Gasteiger partial charge in [0, 0.05) is 0 Å². The molecule has 90 valence electrons. The molecule has 0 aromatic carbocycles. The van der Waals surface area contributed by atoms with E-state index in [4.69, 9.17) is 10.8 Å². The molecule has 1 amide bonds. The predicted molar refractivity (Wildman–Crippen MR) is 60.9 cm³/mol. The molecule has 0 saturated heterocycles. The highest BCUT2D eigenvalue weighted by Crippen LogP contribution is 2.12. The normalized spacial score (nSPS) is 12.8. The number of aliphatic hydroxyl groups is 1. The van der Waals surface area contributed by atoms with Crippen LogP contribution in [0.5, 0.6) is 0 Å². The Morgan fingerprint density at radius 1 is 1.62 bits per heavy atom. The Hall–Kier alpha value is -1.56. The summed E-state index contributed by atoms with van der Waals surface area (Å²) in [4.78, 5) is 11.8. The number of carbonyl (C=O) groups is 1. The molecule has 0 aliphatic heterocycles. The number of hydrogen-bond acceptors (Lipinski definition) is 4. The first-order valence-electron chi connectivity index (χ1n) is 5.19. The maximum absolute atomic E-state index is 11.8. The average molecular weight is 226 g/mol. The third-order valence-corrected chi connectivity index (χ3v) is 2.53. The molecule has 1 rings (SSSR count). The van der Waals surface area contributed by atoms with Gasteiger partial charge >= 0.3 is 0 Å². The van der Waals surface area contributed by atoms with Crippen LogP contribution in [0.2, 0.25) is 0 Å². The monoisotopic (exact) mass is 226 g/mol. The van der Waals surface area contributed by atoms with Crippen LogP contribution in [-0.2, 0) is 0 Å². The number of H-pyrrole nitrogens is 1. The van der Waals surface area contributed by atoms with Crippen LogP contribution in [0.15, 0.2) is 0 Å². The maximum Gasteiger partial charge on any atom is 0.274 e. The molecule has 0 bridgehead atoms. The number of nitrogens with two attached hydrogens (primary N) is 1. The van der Waals surface area contributed by atoms with Gasteiger partial charge in [0.2, 0.25) is 0 Å². The van der Waals surface area contributed by atoms with Crippen molar-refractivity contribution in [2.24, 2.45) is 5.92 Å². The number of anilines is 1. The van der Waals surface area contributed by atoms with Crippen LogP contribution >= 0.6 is 0 Å². The second kappa shape index (κ2) is 4.98. The molecular weight excluding hydrogens is 208 g/mol. The van der Waals surface area contributed by atoms with Crippen molar-refractivity contribution in [1.82, 2.24) is 15.5 Å². The van der Waals surface area contributed by atoms with Crippen LogP contribution in [0, 0.1) is 12.8 Å². The number of amides is 1. The Kier molecular flexibility index (Phi) is 3.89. The molecule has 1 aromatic rings. The van der Waals surface area contributed by atoms with E-state index >= 15 is 0 Å². The molecule has 0 radical (unpaired) electrons. The molecular formula is C10H18N4O2. The molecule has 1 unspecified atom stereocenters. The van der Waals surface area contributed by atoms with Gasteiger partial charge in [0.15, 0.2) is 5.69 Å². The largest absolute Gasteiger partial charge is 0.395 e. The predicted octanol–water partition coefficient (Wildman–Crippen LogP) is 0.0470. The van der Waals surface area contributed by atoms with Crippen LogP contribution in [0.25, 0.3) is 0 Å². The van der Waals surface area contributed by atoms with Crippen molar-refractivity contribution in [2.45, 2.75) is 26.8 Å². The second-order valence-corrected chi connectivity index (χ2v) is 4.12. The van der Waals surface area contributed by atoms with Crippen molar-refractivity contribution in [2.75, 3.05) is 12.3 Å². The molecule has 6 nitrogen and oxygen atoms in total. The van der Waals surface area contributed by atoms with Crippen molar-refractivity contribution in [1.29, 1.82) is 0 Å². The van der Waals surface area contributed by atoms with Crippen LogP contribution < -0.4 is 11.1 Å². The number of hydrogen-bond donors (Lipinski definition) is 4. The molecule has 0 saturated carbocycles. The van der Waals surface area contributed by atoms with E-state index in [0.717, 1.165) is 0 Å². The Morgan fingerprint density at radius 2 is 2.25 bits per heavy atom. The fourth-order valence-electron chi connectivity index (χ4n) is 1.27. The van der Waals surface area contributed by atoms with Gasteiger partial charge < -0.3 is 16.2 Å². The van der Waals surface area contributed by atoms with Crippen molar-refractivity contribution in [3.63, 3.8) is 0 Å². The first-order valence-corrected chi connectivity index (χ1v) is 5.19. The number of nitrogen functional groups attached to an aromatic ring is 1. The number of nitrogens with zero attached hydrogens (tertiary/aromatic N) is 1. The van der Waals surface area contributed by atoms with Crippen molar-refractivity contribution in [3.8, 4) is 0 Å². The standard InChI is InChI=1S/C10H18N4O2/c1-5(2)7(4-15)12-10(16)9-8(11)6(3)13-14-9/h5,7,15H,4,11H2,1-3H3,(H,12,16)(H,13,14). The van der Waals surface area contributed by atoms with E-state index in [1.807, 2.05) is 13.8 Å². The molecule has 1 heterocycles. The van der Waals surface area contributed by atoms with Crippen LogP contribution in [0.1, 0.15) is 30.0 Å². The van der Waals surface area contributed by atoms with Crippen molar-refractivity contribution in [3.05, 3.63) is 11.4 Å². The quantitative estimate of drug-likeness (QED) is 0.582. The lowest BCUT2D eigenvalue weighted by Crippen LogP contribution is -2.41. The minimum atomic E-state index is -0.366. The summed E-state index contributed by atoms with van der Waals surface area (Å²) in [5.74, 6) is -0.218. The third kappa shape index (κ3) is 2.52. The summed E-state index contributed by atoms with van der Waals surface area (Å²) in [7, 11) is 0. The number of carbonyl (C=O) groups excluding carboxylic acids is 1. The average Bonchev–Trinajstić information content (AvgIpc) is 2.55. The molecule has 1 aromatic heterocycles. The topological polar surface area (TPSA) is 104 Å². The third-order valence-electron chi connectivity index (χ3n) is 2.53. The van der Waals surface area contributed by atoms with Gasteiger partial charge in [0.25, 0.3) is 5.91 Å². The fraction of sp³-hybridized carbons (Fsp3) is 0.600. The first-order chi connectivity index (χ1) is 7.47. The van der Waals surface area contributed by atoms with Gasteiger partial charge in [-0.25, -0.2) is 0 Å². The van der Waals surface area contributed by atoms with Crippen LogP contribution in [0.4, 0.5) is 5.69 Å². The van der Waals surface area contributed by atoms with E-state index in [-0.39, 0.29) is 30.2 Å². The van der Waals surface area contributed by atoms with Gasteiger partial charge in [-0.1, -0.05) is 13.8 Å². The molecule has 0 spiro atoms. The van der Waals surface area contributed by atoms with Crippen molar-refractivity contribution >= 4 is 11.6 Å². The molecule has 0 fully saturated rings. The summed E-state index contributed by atoms with van der Waals surface area (Å²) in [5, 5.41) is 18.2. The van der Waals surface area contributed by atoms with Crippen LogP contribution in [0.3, 0.4) is 0 Å². The molecule has 0 aliphatic carbocycles. The lowest BCUT2D eigenvalue weighted by Gasteiger charge is -2.19. The Morgan fingerprint density at radius 3 is 2.62 bits per heavy atom. The number of nitrogens with one attached hydrogen (secondary N) is 2. The molecule has 1 atom stereocenters. The Balaban J connectivity index is 2.76. The van der Waals surface area contributed by atoms with E-state index in [1.165, 1.54) is 0 Å². The van der Waals surface area contributed by atoms with E-state index in [0.29, 0.717) is 11.4 Å². The molecule has 5 N–H and O–H groups in total. The van der Waals surface area contributed by atoms with E-state index in [9.17, 15) is 4.79 Å². The number of rotatable bonds is 4. The number of aromatic nitrogens is 2. The second-order valence-electron chi connectivity index (χ2n) is 4.12. The van der Waals surface area contributed by atoms with Gasteiger partial charge in [-0.05, 0) is 12.8 Å². The van der Waals surface area contributed by atoms with E-state index in [2.05, 4.69) is 15.5 Å². The minimum Gasteiger partial charge on any atom is -0.395 e. The summed E-state index contributed by atoms with van der Waals surface area (Å²) >= 11 is 0. The van der Waals surface area contributed by atoms with Crippen LogP contribution in [-0.4, -0.2) is 33.9 Å². The molecule has 0 aliphatic rings. The Bertz CT molecular complexity index is 373. The minimum absolute atomic E-state index is 0.104. The summed E-state index contributed by atoms with van der Waals surface area (Å²) in [5.41, 5.74) is 6.86. The highest BCUT2D eigenvalue weighted by molar-refractivity contribution is 5.97. The molecule has 6 heteroatoms. The highest BCUT2D eigenvalue weighted by atomic mass is 16.3. The summed E-state index contributed by atoms with van der Waals surface area (Å²) < 4.78 is 0. The summed E-state index contributed by atoms with van der Waals surface area (Å²) in [6, 6.07) is -0.288. The fourth-order valence-corrected chi connectivity index (χ4v) is 1.27. The highest BCUT2D eigenvalue weighted by Gasteiger charge is 2.20. The van der Waals surface area contributed by atoms with Gasteiger partial charge in [-0.3, -0.25) is 9.89 Å². The first kappa shape index (κ1) is 12.5. The zero-order valence-corrected chi connectivity index (χ0v) is 9.74. The lowest BCUT2D eigenvalue weighted by atomic mass is 10.1. The maximum atomic E-state index is 11.8. The summed E-state index contributed by atoms with van der Waals surface area (Å²) in [6.07, 6.45) is 0. The van der Waals surface area contributed by atoms with Gasteiger partial charge in [0.05, 0.1) is 24.0 Å². The smallest absolute Gasteiger partial charge is 0.274 e. The summed E-state index contributed by atoms with van der Waals surface area (Å²) in [6.45, 7) is 5.47. The van der Waals surface area contributed by atoms with Gasteiger partial charge in [0.1, 0.15) is 0 Å². The molecule has 16 heavy (non-hydrogen) atoms. The van der Waals surface area contributed by atoms with E-state index < -0.39 is 0 Å². The van der Waals surface area contributed by atoms with Gasteiger partial charge in [-0.15, -0.1) is 0 Å². The number of aromatic amines is 1. The number of aryl methyl sites for hydroxylation is 1. The zero-order chi connectivity index (χ0) is 12.3. The van der Waals surface area contributed by atoms with E-state index in [1.54, 1.807) is 6.92 Å².